The van der Waals surface area contributed by atoms with E-state index in [9.17, 15) is 22.0 Å². The van der Waals surface area contributed by atoms with Crippen LogP contribution in [0.5, 0.6) is 0 Å². The van der Waals surface area contributed by atoms with Gasteiger partial charge in [-0.05, 0) is 6.07 Å². The summed E-state index contributed by atoms with van der Waals surface area (Å²) >= 11 is 2.53. The topological polar surface area (TPSA) is 30.7 Å². The Morgan fingerprint density at radius 2 is 1.90 bits per heavy atom. The van der Waals surface area contributed by atoms with E-state index >= 15 is 0 Å². The van der Waals surface area contributed by atoms with Crippen LogP contribution in [0.2, 0.25) is 0 Å². The highest BCUT2D eigenvalue weighted by Crippen LogP contribution is 2.48. The monoisotopic (exact) mass is 355 g/mol. The maximum atomic E-state index is 13.7. The van der Waals surface area contributed by atoms with Gasteiger partial charge in [-0.1, -0.05) is 22.0 Å². The van der Waals surface area contributed by atoms with Crippen molar-refractivity contribution in [1.29, 1.82) is 0 Å². The number of halogens is 6. The van der Waals surface area contributed by atoms with E-state index < -0.39 is 34.2 Å². The molecule has 0 bridgehead atoms. The number of aromatic nitrogens is 3. The number of hydrogen-bond donors (Lipinski definition) is 0. The average molecular weight is 356 g/mol. The van der Waals surface area contributed by atoms with E-state index in [1.54, 1.807) is 0 Å². The van der Waals surface area contributed by atoms with Gasteiger partial charge in [0, 0.05) is 11.6 Å². The molecule has 2 rings (SSSR count). The Kier molecular flexibility index (Phi) is 3.81. The quantitative estimate of drug-likeness (QED) is 0.624. The normalized spacial score (nSPS) is 15.1. The molecule has 0 radical (unpaired) electrons. The van der Waals surface area contributed by atoms with Gasteiger partial charge in [-0.25, -0.2) is 13.8 Å². The van der Waals surface area contributed by atoms with Gasteiger partial charge < -0.3 is 0 Å². The van der Waals surface area contributed by atoms with Crippen LogP contribution in [0.4, 0.5) is 22.0 Å². The van der Waals surface area contributed by atoms with Crippen molar-refractivity contribution in [3.05, 3.63) is 48.1 Å². The summed E-state index contributed by atoms with van der Waals surface area (Å²) in [7, 11) is 0. The summed E-state index contributed by atoms with van der Waals surface area (Å²) in [5, 5.41) is 3.57. The van der Waals surface area contributed by atoms with Gasteiger partial charge in [0.25, 0.3) is 0 Å². The SMILES string of the molecule is Fc1ccc(C(Br)(Cn2cncn2)C(F)(F)F)c(F)c1. The molecule has 0 fully saturated rings. The van der Waals surface area contributed by atoms with Crippen molar-refractivity contribution in [2.24, 2.45) is 0 Å². The number of benzene rings is 1. The third-order valence-corrected chi connectivity index (χ3v) is 3.78. The fourth-order valence-electron chi connectivity index (χ4n) is 1.68. The smallest absolute Gasteiger partial charge is 0.251 e. The molecule has 9 heteroatoms. The maximum absolute atomic E-state index is 13.7. The molecule has 3 nitrogen and oxygen atoms in total. The second-order valence-corrected chi connectivity index (χ2v) is 5.37. The van der Waals surface area contributed by atoms with Crippen LogP contribution in [-0.2, 0) is 10.9 Å². The molecule has 20 heavy (non-hydrogen) atoms. The van der Waals surface area contributed by atoms with Gasteiger partial charge in [0.15, 0.2) is 4.32 Å². The molecule has 0 N–H and O–H groups in total. The summed E-state index contributed by atoms with van der Waals surface area (Å²) in [4.78, 5) is 3.53. The van der Waals surface area contributed by atoms with Crippen molar-refractivity contribution < 1.29 is 22.0 Å². The first kappa shape index (κ1) is 14.9. The third-order valence-electron chi connectivity index (χ3n) is 2.65. The largest absolute Gasteiger partial charge is 0.409 e. The highest BCUT2D eigenvalue weighted by molar-refractivity contribution is 9.09. The van der Waals surface area contributed by atoms with Crippen molar-refractivity contribution in [1.82, 2.24) is 14.8 Å². The van der Waals surface area contributed by atoms with Crippen LogP contribution < -0.4 is 0 Å². The first-order valence-electron chi connectivity index (χ1n) is 5.27. The van der Waals surface area contributed by atoms with Crippen LogP contribution in [-0.4, -0.2) is 20.9 Å². The lowest BCUT2D eigenvalue weighted by Gasteiger charge is -2.30. The minimum Gasteiger partial charge on any atom is -0.251 e. The number of alkyl halides is 4. The van der Waals surface area contributed by atoms with Gasteiger partial charge in [0.05, 0.1) is 6.54 Å². The predicted molar refractivity (Wildman–Crippen MR) is 63.0 cm³/mol. The number of rotatable bonds is 3. The van der Waals surface area contributed by atoms with Crippen LogP contribution in [0.25, 0.3) is 0 Å². The summed E-state index contributed by atoms with van der Waals surface area (Å²) < 4.78 is 64.6. The van der Waals surface area contributed by atoms with Crippen molar-refractivity contribution in [3.8, 4) is 0 Å². The van der Waals surface area contributed by atoms with E-state index in [4.69, 9.17) is 0 Å². The van der Waals surface area contributed by atoms with Crippen LogP contribution in [0.3, 0.4) is 0 Å². The third kappa shape index (κ3) is 2.67. The fraction of sp³-hybridized carbons (Fsp3) is 0.273. The molecule has 0 saturated heterocycles. The Hall–Kier alpha value is -1.51. The molecule has 1 aromatic heterocycles. The zero-order valence-electron chi connectivity index (χ0n) is 9.70. The van der Waals surface area contributed by atoms with Crippen molar-refractivity contribution in [3.63, 3.8) is 0 Å². The van der Waals surface area contributed by atoms with E-state index in [1.165, 1.54) is 0 Å². The lowest BCUT2D eigenvalue weighted by Crippen LogP contribution is -2.41. The Morgan fingerprint density at radius 3 is 2.40 bits per heavy atom. The molecule has 1 atom stereocenters. The lowest BCUT2D eigenvalue weighted by molar-refractivity contribution is -0.164. The summed E-state index contributed by atoms with van der Waals surface area (Å²) in [5.74, 6) is -2.25. The summed E-state index contributed by atoms with van der Waals surface area (Å²) in [6, 6.07) is 1.92. The minimum absolute atomic E-state index is 0.401. The highest BCUT2D eigenvalue weighted by atomic mass is 79.9. The van der Waals surface area contributed by atoms with E-state index in [2.05, 4.69) is 26.0 Å². The Balaban J connectivity index is 2.52. The second-order valence-electron chi connectivity index (χ2n) is 4.02. The highest BCUT2D eigenvalue weighted by Gasteiger charge is 2.56. The van der Waals surface area contributed by atoms with Crippen molar-refractivity contribution in [2.45, 2.75) is 17.0 Å². The van der Waals surface area contributed by atoms with Gasteiger partial charge in [-0.3, -0.25) is 4.68 Å². The van der Waals surface area contributed by atoms with Gasteiger partial charge >= 0.3 is 6.18 Å². The van der Waals surface area contributed by atoms with E-state index in [-0.39, 0.29) is 0 Å². The van der Waals surface area contributed by atoms with E-state index in [0.29, 0.717) is 6.07 Å². The standard InChI is InChI=1S/C11H7BrF5N3/c12-10(11(15,16)17,4-20-6-18-5-19-20)8-2-1-7(13)3-9(8)14/h1-3,5-6H,4H2. The summed E-state index contributed by atoms with van der Waals surface area (Å²) in [5.41, 5.74) is -0.720. The van der Waals surface area contributed by atoms with E-state index in [0.717, 1.165) is 29.5 Å². The molecule has 0 saturated carbocycles. The molecular weight excluding hydrogens is 349 g/mol. The zero-order chi connectivity index (χ0) is 15.0. The van der Waals surface area contributed by atoms with Crippen LogP contribution >= 0.6 is 15.9 Å². The predicted octanol–water partition coefficient (Wildman–Crippen LogP) is 3.41. The molecule has 1 unspecified atom stereocenters. The number of hydrogen-bond acceptors (Lipinski definition) is 2. The fourth-order valence-corrected chi connectivity index (χ4v) is 2.25. The van der Waals surface area contributed by atoms with Gasteiger partial charge in [-0.2, -0.15) is 18.3 Å². The molecule has 2 aromatic rings. The average Bonchev–Trinajstić information content (AvgIpc) is 2.79. The first-order chi connectivity index (χ1) is 9.24. The van der Waals surface area contributed by atoms with Crippen LogP contribution in [0, 0.1) is 11.6 Å². The molecule has 0 aliphatic heterocycles. The molecular formula is C11H7BrF5N3. The van der Waals surface area contributed by atoms with E-state index in [1.807, 2.05) is 0 Å². The molecule has 0 amide bonds. The second kappa shape index (κ2) is 5.12. The number of nitrogens with zero attached hydrogens (tertiary/aromatic N) is 3. The molecule has 0 aliphatic carbocycles. The summed E-state index contributed by atoms with van der Waals surface area (Å²) in [6.07, 6.45) is -2.69. The maximum Gasteiger partial charge on any atom is 0.409 e. The first-order valence-corrected chi connectivity index (χ1v) is 6.07. The Labute approximate surface area is 118 Å². The van der Waals surface area contributed by atoms with Crippen molar-refractivity contribution >= 4 is 15.9 Å². The molecule has 1 aromatic carbocycles. The van der Waals surface area contributed by atoms with Gasteiger partial charge in [0.2, 0.25) is 0 Å². The van der Waals surface area contributed by atoms with Crippen LogP contribution in [0.1, 0.15) is 5.56 Å². The zero-order valence-corrected chi connectivity index (χ0v) is 11.3. The van der Waals surface area contributed by atoms with Crippen molar-refractivity contribution in [2.75, 3.05) is 0 Å². The van der Waals surface area contributed by atoms with Gasteiger partial charge in [0.1, 0.15) is 24.3 Å². The molecule has 1 heterocycles. The molecule has 108 valence electrons. The molecule has 0 aliphatic rings. The Morgan fingerprint density at radius 1 is 1.20 bits per heavy atom. The lowest BCUT2D eigenvalue weighted by atomic mass is 9.97. The minimum atomic E-state index is -4.82. The van der Waals surface area contributed by atoms with Gasteiger partial charge in [-0.15, -0.1) is 0 Å². The molecule has 0 spiro atoms. The summed E-state index contributed by atoms with van der Waals surface area (Å²) in [6.45, 7) is -0.737. The van der Waals surface area contributed by atoms with Crippen LogP contribution in [0.15, 0.2) is 30.9 Å². The Bertz CT molecular complexity index is 599.